The minimum absolute atomic E-state index is 0. The van der Waals surface area contributed by atoms with Crippen LogP contribution in [-0.2, 0) is 18.6 Å². The minimum Gasteiger partial charge on any atom is -0.756 e. The predicted octanol–water partition coefficient (Wildman–Crippen LogP) is -0.327. The number of nitrogens with zero attached hydrogens (tertiary/aromatic N) is 3. The Morgan fingerprint density at radius 3 is 2.44 bits per heavy atom. The molecule has 19 heteroatoms. The number of halogens is 2. The number of anilines is 2. The maximum atomic E-state index is 15.5. The first-order valence-electron chi connectivity index (χ1n) is 15.4. The van der Waals surface area contributed by atoms with Crippen molar-refractivity contribution < 1.29 is 86.2 Å². The van der Waals surface area contributed by atoms with Crippen molar-refractivity contribution in [3.05, 3.63) is 63.9 Å². The van der Waals surface area contributed by atoms with Gasteiger partial charge in [0.05, 0.1) is 30.0 Å². The average Bonchev–Trinajstić information content (AvgIpc) is 3.80. The topological polar surface area (TPSA) is 200 Å². The molecule has 1 aromatic heterocycles. The fourth-order valence-electron chi connectivity index (χ4n) is 6.15. The fourth-order valence-corrected chi connectivity index (χ4v) is 6.87. The third-order valence-corrected chi connectivity index (χ3v) is 9.38. The zero-order valence-electron chi connectivity index (χ0n) is 27.1. The Hall–Kier alpha value is -3.57. The zero-order valence-corrected chi connectivity index (χ0v) is 30.0. The molecule has 2 aliphatic heterocycles. The normalized spacial score (nSPS) is 19.8. The van der Waals surface area contributed by atoms with Crippen molar-refractivity contribution in [3.63, 3.8) is 0 Å². The smallest absolute Gasteiger partial charge is 0.756 e. The molecule has 3 aliphatic rings. The maximum absolute atomic E-state index is 15.5. The summed E-state index contributed by atoms with van der Waals surface area (Å²) in [5.41, 5.74) is -2.34. The first-order valence-corrected chi connectivity index (χ1v) is 16.9. The van der Waals surface area contributed by atoms with Gasteiger partial charge in [0.25, 0.3) is 7.82 Å². The van der Waals surface area contributed by atoms with Crippen molar-refractivity contribution in [1.82, 2.24) is 9.88 Å². The van der Waals surface area contributed by atoms with E-state index in [2.05, 4.69) is 5.32 Å². The van der Waals surface area contributed by atoms with Crippen LogP contribution in [0.5, 0.6) is 5.75 Å². The van der Waals surface area contributed by atoms with Gasteiger partial charge in [-0.15, -0.1) is 0 Å². The Morgan fingerprint density at radius 1 is 1.14 bits per heavy atom. The predicted molar refractivity (Wildman–Crippen MR) is 167 cm³/mol. The van der Waals surface area contributed by atoms with Gasteiger partial charge < -0.3 is 43.7 Å². The molecule has 15 nitrogen and oxygen atoms in total. The Kier molecular flexibility index (Phi) is 11.0. The van der Waals surface area contributed by atoms with Crippen LogP contribution in [0.2, 0.25) is 0 Å². The third kappa shape index (κ3) is 8.15. The molecular weight excluding hydrogens is 696 g/mol. The number of carboxylic acids is 1. The van der Waals surface area contributed by atoms with Crippen LogP contribution in [0, 0.1) is 11.6 Å². The molecule has 262 valence electrons. The van der Waals surface area contributed by atoms with Gasteiger partial charge in [-0.1, -0.05) is 0 Å². The van der Waals surface area contributed by atoms with E-state index in [1.165, 1.54) is 36.2 Å². The number of ether oxygens (including phenoxy) is 2. The second-order valence-corrected chi connectivity index (χ2v) is 13.4. The molecule has 2 aromatic carbocycles. The molecule has 3 N–H and O–H groups in total. The summed E-state index contributed by atoms with van der Waals surface area (Å²) in [4.78, 5) is 72.3. The second kappa shape index (κ2) is 14.6. The van der Waals surface area contributed by atoms with E-state index in [9.17, 15) is 38.6 Å². The molecule has 2 atom stereocenters. The summed E-state index contributed by atoms with van der Waals surface area (Å²) in [5.74, 6) is -3.69. The number of fused-ring (bicyclic) bond motifs is 1. The summed E-state index contributed by atoms with van der Waals surface area (Å²) in [6, 6.07) is 6.07. The first kappa shape index (κ1) is 37.7. The van der Waals surface area contributed by atoms with Crippen LogP contribution in [-0.4, -0.2) is 77.0 Å². The number of cyclic esters (lactones) is 1. The van der Waals surface area contributed by atoms with Gasteiger partial charge in [-0.2, -0.15) is 0 Å². The monoisotopic (exact) mass is 728 g/mol. The third-order valence-electron chi connectivity index (χ3n) is 8.77. The van der Waals surface area contributed by atoms with E-state index in [1.54, 1.807) is 9.47 Å². The van der Waals surface area contributed by atoms with Crippen LogP contribution >= 0.6 is 7.82 Å². The molecule has 1 aliphatic carbocycles. The molecule has 2 saturated heterocycles. The molecule has 6 rings (SSSR count). The quantitative estimate of drug-likeness (QED) is 0.172. The minimum atomic E-state index is -5.33. The van der Waals surface area contributed by atoms with Crippen molar-refractivity contribution in [1.29, 1.82) is 0 Å². The average molecular weight is 729 g/mol. The zero-order chi connectivity index (χ0) is 35.2. The summed E-state index contributed by atoms with van der Waals surface area (Å²) in [5, 5.41) is 12.0. The number of pyridine rings is 1. The van der Waals surface area contributed by atoms with Crippen LogP contribution in [0.25, 0.3) is 10.9 Å². The second-order valence-electron chi connectivity index (χ2n) is 12.3. The summed E-state index contributed by atoms with van der Waals surface area (Å²) in [6.45, 7) is 0.944. The molecule has 50 heavy (non-hydrogen) atoms. The summed E-state index contributed by atoms with van der Waals surface area (Å²) in [6.07, 6.45) is 1.19. The number of carboxylic acid groups (broad SMARTS) is 1. The van der Waals surface area contributed by atoms with Gasteiger partial charge in [0.2, 0.25) is 11.3 Å². The number of rotatable bonds is 11. The van der Waals surface area contributed by atoms with E-state index in [0.29, 0.717) is 5.52 Å². The number of carbonyl (C=O) groups is 3. The number of hydrogen-bond acceptors (Lipinski definition) is 10. The van der Waals surface area contributed by atoms with Crippen LogP contribution in [0.4, 0.5) is 25.0 Å². The number of phosphoric ester groups is 1. The number of nitrogens with one attached hydrogen (secondary N) is 1. The number of aromatic carboxylic acids is 1. The number of amides is 2. The van der Waals surface area contributed by atoms with E-state index in [4.69, 9.17) is 14.0 Å². The van der Waals surface area contributed by atoms with Crippen LogP contribution in [0.1, 0.15) is 49.0 Å². The Labute approximate surface area is 305 Å². The molecule has 0 spiro atoms. The molecule has 3 fully saturated rings. The first-order chi connectivity index (χ1) is 23.1. The molecule has 3 aromatic rings. The molecular formula is C31H32F2N4NaO11P. The van der Waals surface area contributed by atoms with Gasteiger partial charge in [0.15, 0.2) is 11.6 Å². The van der Waals surface area contributed by atoms with E-state index >= 15 is 8.78 Å². The van der Waals surface area contributed by atoms with Gasteiger partial charge >= 0.3 is 41.6 Å². The van der Waals surface area contributed by atoms with Gasteiger partial charge in [0.1, 0.15) is 29.7 Å². The van der Waals surface area contributed by atoms with E-state index in [-0.39, 0.29) is 103 Å². The van der Waals surface area contributed by atoms with Crippen molar-refractivity contribution in [2.75, 3.05) is 42.6 Å². The van der Waals surface area contributed by atoms with Crippen LogP contribution in [0.3, 0.4) is 0 Å². The maximum Gasteiger partial charge on any atom is 1.00 e. The van der Waals surface area contributed by atoms with Crippen molar-refractivity contribution in [3.8, 4) is 5.75 Å². The molecule has 2 amide bonds. The fraction of sp³-hybridized carbons (Fsp3) is 0.419. The number of benzene rings is 2. The number of hydrogen-bond donors (Lipinski definition) is 3. The van der Waals surface area contributed by atoms with Crippen molar-refractivity contribution in [2.24, 2.45) is 0 Å². The number of piperidine rings is 1. The van der Waals surface area contributed by atoms with Crippen LogP contribution < -0.4 is 59.7 Å². The summed E-state index contributed by atoms with van der Waals surface area (Å²) < 4.78 is 60.1. The SMILES string of the molecule is CC(=O)NC[C@H]1CN(c2ccc(OCC3(OP(=O)([O-])O)CCN(c4cc5c(cc4F)c(=O)c(C(=O)O)cn5C4CC4)CC3)c(F)c2)C(=O)O1.[Na+]. The molecule has 0 radical (unpaired) electrons. The number of carbonyl (C=O) groups excluding carboxylic acids is 2. The van der Waals surface area contributed by atoms with Gasteiger partial charge in [0, 0.05) is 43.7 Å². The standard InChI is InChI=1S/C31H33F2N4O11P.Na/c1-17(38)34-13-20-14-37(30(42)47-20)19-4-5-27(24(33)10-19)46-16-31(48-49(43,44)45)6-8-35(9-7-31)26-12-25-21(11-23(26)32)28(39)22(29(40)41)15-36(25)18-2-3-18;/h4-5,10-12,15,18,20H,2-3,6-9,13-14,16H2,1H3,(H,34,38)(H,40,41)(H2,43,44,45);/q;+1/p-1/t20-;/m0./s1. The largest absolute Gasteiger partial charge is 1.00 e. The van der Waals surface area contributed by atoms with E-state index < -0.39 is 60.8 Å². The van der Waals surface area contributed by atoms with Gasteiger partial charge in [-0.25, -0.2) is 18.4 Å². The summed E-state index contributed by atoms with van der Waals surface area (Å²) >= 11 is 0. The summed E-state index contributed by atoms with van der Waals surface area (Å²) in [7, 11) is -5.33. The van der Waals surface area contributed by atoms with Gasteiger partial charge in [-0.3, -0.25) is 19.1 Å². The van der Waals surface area contributed by atoms with Gasteiger partial charge in [-0.05, 0) is 49.9 Å². The molecule has 0 bridgehead atoms. The number of aromatic nitrogens is 1. The van der Waals surface area contributed by atoms with E-state index in [0.717, 1.165) is 25.0 Å². The number of phosphoric acid groups is 1. The Morgan fingerprint density at radius 2 is 1.84 bits per heavy atom. The Balaban J connectivity index is 0.00000486. The molecule has 3 heterocycles. The molecule has 1 saturated carbocycles. The van der Waals surface area contributed by atoms with Crippen molar-refractivity contribution >= 4 is 48.1 Å². The Bertz CT molecular complexity index is 1950. The van der Waals surface area contributed by atoms with Crippen molar-refractivity contribution in [2.45, 2.75) is 50.4 Å². The van der Waals surface area contributed by atoms with Crippen LogP contribution in [0.15, 0.2) is 41.3 Å². The molecule has 1 unspecified atom stereocenters. The van der Waals surface area contributed by atoms with E-state index in [1.807, 2.05) is 0 Å².